The van der Waals surface area contributed by atoms with E-state index < -0.39 is 33.7 Å². The molecule has 1 aromatic heterocycles. The van der Waals surface area contributed by atoms with Crippen LogP contribution in [0, 0.1) is 6.92 Å². The number of amides is 1. The molecule has 32 heavy (non-hydrogen) atoms. The fourth-order valence-electron chi connectivity index (χ4n) is 3.13. The number of nitrogens with zero attached hydrogens (tertiary/aromatic N) is 1. The van der Waals surface area contributed by atoms with Gasteiger partial charge in [-0.2, -0.15) is 13.2 Å². The maximum absolute atomic E-state index is 12.9. The van der Waals surface area contributed by atoms with Crippen LogP contribution in [-0.4, -0.2) is 25.6 Å². The lowest BCUT2D eigenvalue weighted by atomic mass is 10.0. The highest BCUT2D eigenvalue weighted by Gasteiger charge is 2.30. The number of carbonyl (C=O) groups excluding carboxylic acids is 1. The SMILES string of the molecule is Cc1cc([C@@H](C)NC(=O)c2cnc3cc(C(F)(F)F)ccc3c2)c(Cl)cc1NS(C)(=O)=O. The molecule has 0 saturated heterocycles. The molecule has 0 bridgehead atoms. The molecule has 3 aromatic rings. The number of pyridine rings is 1. The van der Waals surface area contributed by atoms with Crippen LogP contribution >= 0.6 is 11.6 Å². The second kappa shape index (κ2) is 8.59. The highest BCUT2D eigenvalue weighted by Crippen LogP contribution is 2.32. The van der Waals surface area contributed by atoms with E-state index in [4.69, 9.17) is 11.6 Å². The lowest BCUT2D eigenvalue weighted by Gasteiger charge is -2.18. The normalized spacial score (nSPS) is 13.1. The molecule has 0 saturated carbocycles. The van der Waals surface area contributed by atoms with E-state index in [2.05, 4.69) is 15.0 Å². The number of alkyl halides is 3. The van der Waals surface area contributed by atoms with Gasteiger partial charge >= 0.3 is 6.18 Å². The van der Waals surface area contributed by atoms with Crippen molar-refractivity contribution in [3.05, 3.63) is 69.9 Å². The van der Waals surface area contributed by atoms with Gasteiger partial charge in [0.15, 0.2) is 0 Å². The summed E-state index contributed by atoms with van der Waals surface area (Å²) in [6, 6.07) is 7.17. The number of rotatable bonds is 5. The molecule has 0 aliphatic rings. The first kappa shape index (κ1) is 23.8. The summed E-state index contributed by atoms with van der Waals surface area (Å²) in [7, 11) is -3.48. The van der Waals surface area contributed by atoms with Crippen LogP contribution in [0.1, 0.15) is 40.0 Å². The van der Waals surface area contributed by atoms with E-state index in [1.54, 1.807) is 19.9 Å². The van der Waals surface area contributed by atoms with Crippen molar-refractivity contribution in [3.8, 4) is 0 Å². The van der Waals surface area contributed by atoms with E-state index in [-0.39, 0.29) is 16.1 Å². The van der Waals surface area contributed by atoms with Crippen molar-refractivity contribution in [3.63, 3.8) is 0 Å². The number of aryl methyl sites for hydroxylation is 1. The molecule has 6 nitrogen and oxygen atoms in total. The number of benzene rings is 2. The molecule has 0 spiro atoms. The Bertz CT molecular complexity index is 1310. The summed E-state index contributed by atoms with van der Waals surface area (Å²) in [4.78, 5) is 16.7. The number of fused-ring (bicyclic) bond motifs is 1. The van der Waals surface area contributed by atoms with Gasteiger partial charge in [-0.1, -0.05) is 23.7 Å². The topological polar surface area (TPSA) is 88.2 Å². The van der Waals surface area contributed by atoms with Crippen LogP contribution in [0.3, 0.4) is 0 Å². The van der Waals surface area contributed by atoms with Crippen molar-refractivity contribution < 1.29 is 26.4 Å². The highest BCUT2D eigenvalue weighted by atomic mass is 35.5. The lowest BCUT2D eigenvalue weighted by molar-refractivity contribution is -0.137. The first-order valence-electron chi connectivity index (χ1n) is 9.30. The summed E-state index contributed by atoms with van der Waals surface area (Å²) in [6.07, 6.45) is -2.25. The average molecular weight is 486 g/mol. The molecule has 0 unspecified atom stereocenters. The minimum absolute atomic E-state index is 0.122. The van der Waals surface area contributed by atoms with Crippen molar-refractivity contribution in [2.45, 2.75) is 26.1 Å². The highest BCUT2D eigenvalue weighted by molar-refractivity contribution is 7.92. The first-order chi connectivity index (χ1) is 14.7. The number of carbonyl (C=O) groups is 1. The maximum Gasteiger partial charge on any atom is 0.416 e. The Morgan fingerprint density at radius 2 is 1.84 bits per heavy atom. The van der Waals surface area contributed by atoms with E-state index in [9.17, 15) is 26.4 Å². The number of hydrogen-bond acceptors (Lipinski definition) is 4. The Morgan fingerprint density at radius 1 is 1.16 bits per heavy atom. The zero-order chi connectivity index (χ0) is 23.8. The second-order valence-electron chi connectivity index (χ2n) is 7.39. The first-order valence-corrected chi connectivity index (χ1v) is 11.6. The van der Waals surface area contributed by atoms with Crippen molar-refractivity contribution in [2.75, 3.05) is 11.0 Å². The predicted molar refractivity (Wildman–Crippen MR) is 117 cm³/mol. The van der Waals surface area contributed by atoms with Crippen LogP contribution in [0.15, 0.2) is 42.6 Å². The van der Waals surface area contributed by atoms with Gasteiger partial charge in [0.25, 0.3) is 5.91 Å². The summed E-state index contributed by atoms with van der Waals surface area (Å²) in [5.74, 6) is -0.487. The predicted octanol–water partition coefficient (Wildman–Crippen LogP) is 5.08. The number of aromatic nitrogens is 1. The van der Waals surface area contributed by atoms with Gasteiger partial charge in [-0.15, -0.1) is 0 Å². The molecule has 0 radical (unpaired) electrons. The van der Waals surface area contributed by atoms with Gasteiger partial charge in [0.1, 0.15) is 0 Å². The smallest absolute Gasteiger partial charge is 0.345 e. The number of sulfonamides is 1. The molecule has 1 amide bonds. The Hall–Kier alpha value is -2.85. The van der Waals surface area contributed by atoms with Crippen LogP contribution in [-0.2, 0) is 16.2 Å². The zero-order valence-corrected chi connectivity index (χ0v) is 18.8. The molecule has 1 atom stereocenters. The quantitative estimate of drug-likeness (QED) is 0.527. The van der Waals surface area contributed by atoms with E-state index in [0.717, 1.165) is 18.4 Å². The fourth-order valence-corrected chi connectivity index (χ4v) is 4.07. The van der Waals surface area contributed by atoms with Gasteiger partial charge in [0, 0.05) is 16.6 Å². The monoisotopic (exact) mass is 485 g/mol. The number of hydrogen-bond donors (Lipinski definition) is 2. The fraction of sp³-hybridized carbons (Fsp3) is 0.238. The largest absolute Gasteiger partial charge is 0.416 e. The molecule has 0 aliphatic carbocycles. The van der Waals surface area contributed by atoms with Gasteiger partial charge < -0.3 is 5.32 Å². The summed E-state index contributed by atoms with van der Waals surface area (Å²) in [6.45, 7) is 3.40. The molecule has 170 valence electrons. The summed E-state index contributed by atoms with van der Waals surface area (Å²) in [5.41, 5.74) is 0.993. The molecule has 2 N–H and O–H groups in total. The van der Waals surface area contributed by atoms with E-state index >= 15 is 0 Å². The van der Waals surface area contributed by atoms with E-state index in [0.29, 0.717) is 22.2 Å². The number of nitrogens with one attached hydrogen (secondary N) is 2. The van der Waals surface area contributed by atoms with E-state index in [1.165, 1.54) is 24.4 Å². The molecular formula is C21H19ClF3N3O3S. The van der Waals surface area contributed by atoms with Crippen molar-refractivity contribution >= 4 is 44.1 Å². The molecule has 2 aromatic carbocycles. The third-order valence-corrected chi connectivity index (χ3v) is 5.64. The molecule has 1 heterocycles. The third-order valence-electron chi connectivity index (χ3n) is 4.73. The van der Waals surface area contributed by atoms with Gasteiger partial charge in [0.05, 0.1) is 34.6 Å². The summed E-state index contributed by atoms with van der Waals surface area (Å²) >= 11 is 6.29. The van der Waals surface area contributed by atoms with Gasteiger partial charge in [0.2, 0.25) is 10.0 Å². The Morgan fingerprint density at radius 3 is 2.47 bits per heavy atom. The summed E-state index contributed by atoms with van der Waals surface area (Å²) < 4.78 is 63.9. The number of halogens is 4. The minimum atomic E-state index is -4.48. The van der Waals surface area contributed by atoms with Crippen molar-refractivity contribution in [1.82, 2.24) is 10.3 Å². The Kier molecular flexibility index (Phi) is 6.39. The molecule has 0 fully saturated rings. The van der Waals surface area contributed by atoms with E-state index in [1.807, 2.05) is 0 Å². The number of anilines is 1. The van der Waals surface area contributed by atoms with Crippen LogP contribution in [0.5, 0.6) is 0 Å². The zero-order valence-electron chi connectivity index (χ0n) is 17.2. The van der Waals surface area contributed by atoms with Crippen LogP contribution < -0.4 is 10.0 Å². The van der Waals surface area contributed by atoms with Gasteiger partial charge in [-0.05, 0) is 49.2 Å². The standard InChI is InChI=1S/C21H19ClF3N3O3S/c1-11-6-16(17(22)9-18(11)28-32(3,30)31)12(2)27-20(29)14-7-13-4-5-15(21(23,24)25)8-19(13)26-10-14/h4-10,12,28H,1-3H3,(H,27,29)/t12-/m1/s1. The average Bonchev–Trinajstić information content (AvgIpc) is 2.67. The molecule has 0 aliphatic heterocycles. The maximum atomic E-state index is 12.9. The van der Waals surface area contributed by atoms with Crippen molar-refractivity contribution in [1.29, 1.82) is 0 Å². The Balaban J connectivity index is 1.82. The summed E-state index contributed by atoms with van der Waals surface area (Å²) in [5, 5.41) is 3.41. The van der Waals surface area contributed by atoms with Crippen molar-refractivity contribution in [2.24, 2.45) is 0 Å². The lowest BCUT2D eigenvalue weighted by Crippen LogP contribution is -2.27. The molecular weight excluding hydrogens is 467 g/mol. The molecule has 11 heteroatoms. The van der Waals surface area contributed by atoms with Gasteiger partial charge in [-0.25, -0.2) is 8.42 Å². The second-order valence-corrected chi connectivity index (χ2v) is 9.54. The van der Waals surface area contributed by atoms with Crippen LogP contribution in [0.2, 0.25) is 5.02 Å². The molecule has 3 rings (SSSR count). The minimum Gasteiger partial charge on any atom is -0.345 e. The van der Waals surface area contributed by atoms with Crippen LogP contribution in [0.25, 0.3) is 10.9 Å². The van der Waals surface area contributed by atoms with Crippen LogP contribution in [0.4, 0.5) is 18.9 Å². The van der Waals surface area contributed by atoms with Gasteiger partial charge in [-0.3, -0.25) is 14.5 Å². The Labute approximate surface area is 187 Å². The third kappa shape index (κ3) is 5.49.